The van der Waals surface area contributed by atoms with Gasteiger partial charge in [-0.3, -0.25) is 10.1 Å². The fraction of sp³-hybridized carbons (Fsp3) is 0.462. The van der Waals surface area contributed by atoms with Crippen molar-refractivity contribution < 1.29 is 10.0 Å². The molecule has 1 heterocycles. The summed E-state index contributed by atoms with van der Waals surface area (Å²) in [5.41, 5.74) is 1.37. The van der Waals surface area contributed by atoms with E-state index in [0.717, 1.165) is 21.6 Å². The number of aryl methyl sites for hydroxylation is 1. The molecule has 7 heteroatoms. The number of nitrogens with zero attached hydrogens (tertiary/aromatic N) is 3. The quantitative estimate of drug-likeness (QED) is 0.654. The van der Waals surface area contributed by atoms with Crippen molar-refractivity contribution in [3.05, 3.63) is 27.3 Å². The SMILES string of the molecule is CCCN(CCO)c1cc2nc(C)sc2cc1[N+](=O)[O-]. The fourth-order valence-corrected chi connectivity index (χ4v) is 3.05. The number of hydrogen-bond donors (Lipinski definition) is 1. The van der Waals surface area contributed by atoms with E-state index in [2.05, 4.69) is 4.98 Å². The van der Waals surface area contributed by atoms with Crippen LogP contribution in [0.15, 0.2) is 12.1 Å². The van der Waals surface area contributed by atoms with Gasteiger partial charge in [0.1, 0.15) is 5.69 Å². The first-order valence-electron chi connectivity index (χ1n) is 6.48. The highest BCUT2D eigenvalue weighted by atomic mass is 32.1. The molecule has 2 aromatic rings. The minimum absolute atomic E-state index is 0.0364. The molecule has 6 nitrogen and oxygen atoms in total. The molecule has 0 fully saturated rings. The number of nitro benzene ring substituents is 1. The summed E-state index contributed by atoms with van der Waals surface area (Å²) < 4.78 is 0.818. The van der Waals surface area contributed by atoms with Crippen LogP contribution in [0.1, 0.15) is 18.4 Å². The van der Waals surface area contributed by atoms with Gasteiger partial charge < -0.3 is 10.0 Å². The highest BCUT2D eigenvalue weighted by molar-refractivity contribution is 7.18. The van der Waals surface area contributed by atoms with Crippen LogP contribution in [0.2, 0.25) is 0 Å². The highest BCUT2D eigenvalue weighted by Crippen LogP contribution is 2.35. The predicted molar refractivity (Wildman–Crippen MR) is 80.6 cm³/mol. The Balaban J connectivity index is 2.57. The van der Waals surface area contributed by atoms with Crippen molar-refractivity contribution in [3.63, 3.8) is 0 Å². The Morgan fingerprint density at radius 3 is 2.80 bits per heavy atom. The molecule has 1 aromatic heterocycles. The normalized spacial score (nSPS) is 10.9. The maximum absolute atomic E-state index is 11.3. The summed E-state index contributed by atoms with van der Waals surface area (Å²) in [7, 11) is 0. The van der Waals surface area contributed by atoms with E-state index >= 15 is 0 Å². The van der Waals surface area contributed by atoms with Gasteiger partial charge >= 0.3 is 0 Å². The maximum Gasteiger partial charge on any atom is 0.294 e. The smallest absolute Gasteiger partial charge is 0.294 e. The van der Waals surface area contributed by atoms with E-state index in [0.29, 0.717) is 18.8 Å². The molecule has 0 aliphatic carbocycles. The van der Waals surface area contributed by atoms with Gasteiger partial charge in [0.15, 0.2) is 0 Å². The molecule has 0 radical (unpaired) electrons. The Morgan fingerprint density at radius 2 is 2.20 bits per heavy atom. The number of thiazole rings is 1. The second kappa shape index (κ2) is 6.15. The first kappa shape index (κ1) is 14.7. The van der Waals surface area contributed by atoms with Gasteiger partial charge in [-0.1, -0.05) is 6.92 Å². The van der Waals surface area contributed by atoms with Gasteiger partial charge in [0.2, 0.25) is 0 Å². The number of fused-ring (bicyclic) bond motifs is 1. The summed E-state index contributed by atoms with van der Waals surface area (Å²) in [5, 5.41) is 21.3. The number of benzene rings is 1. The molecule has 20 heavy (non-hydrogen) atoms. The maximum atomic E-state index is 11.3. The first-order chi connectivity index (χ1) is 9.56. The van der Waals surface area contributed by atoms with Crippen LogP contribution in [0.5, 0.6) is 0 Å². The van der Waals surface area contributed by atoms with Crippen molar-refractivity contribution in [2.24, 2.45) is 0 Å². The lowest BCUT2D eigenvalue weighted by atomic mass is 10.2. The Labute approximate surface area is 120 Å². The van der Waals surface area contributed by atoms with Gasteiger partial charge in [-0.15, -0.1) is 11.3 Å². The lowest BCUT2D eigenvalue weighted by Gasteiger charge is -2.22. The largest absolute Gasteiger partial charge is 0.395 e. The second-order valence-electron chi connectivity index (χ2n) is 4.51. The Morgan fingerprint density at radius 1 is 1.45 bits per heavy atom. The van der Waals surface area contributed by atoms with Crippen LogP contribution in [-0.4, -0.2) is 34.7 Å². The zero-order chi connectivity index (χ0) is 14.7. The molecule has 0 aliphatic rings. The molecule has 0 aliphatic heterocycles. The van der Waals surface area contributed by atoms with Crippen molar-refractivity contribution in [3.8, 4) is 0 Å². The van der Waals surface area contributed by atoms with E-state index in [1.54, 1.807) is 12.1 Å². The van der Waals surface area contributed by atoms with Gasteiger partial charge in [0.05, 0.1) is 26.8 Å². The van der Waals surface area contributed by atoms with Crippen LogP contribution >= 0.6 is 11.3 Å². The summed E-state index contributed by atoms with van der Waals surface area (Å²) >= 11 is 1.45. The molecule has 0 saturated carbocycles. The van der Waals surface area contributed by atoms with E-state index in [-0.39, 0.29) is 17.2 Å². The van der Waals surface area contributed by atoms with Crippen LogP contribution in [0, 0.1) is 17.0 Å². The summed E-state index contributed by atoms with van der Waals surface area (Å²) in [6.45, 7) is 4.89. The zero-order valence-corrected chi connectivity index (χ0v) is 12.3. The Bertz CT molecular complexity index is 621. The third-order valence-electron chi connectivity index (χ3n) is 2.99. The number of nitro groups is 1. The van der Waals surface area contributed by atoms with Crippen molar-refractivity contribution in [1.82, 2.24) is 4.98 Å². The molecular formula is C13H17N3O3S. The number of aliphatic hydroxyl groups is 1. The average molecular weight is 295 g/mol. The molecule has 1 N–H and O–H groups in total. The van der Waals surface area contributed by atoms with Gasteiger partial charge in [0, 0.05) is 19.2 Å². The number of hydrogen-bond acceptors (Lipinski definition) is 6. The van der Waals surface area contributed by atoms with Crippen LogP contribution in [0.25, 0.3) is 10.2 Å². The lowest BCUT2D eigenvalue weighted by Crippen LogP contribution is -2.28. The average Bonchev–Trinajstić information content (AvgIpc) is 2.76. The van der Waals surface area contributed by atoms with E-state index in [1.165, 1.54) is 11.3 Å². The van der Waals surface area contributed by atoms with Crippen LogP contribution in [-0.2, 0) is 0 Å². The Hall–Kier alpha value is -1.73. The molecular weight excluding hydrogens is 278 g/mol. The summed E-state index contributed by atoms with van der Waals surface area (Å²) in [5.74, 6) is 0. The summed E-state index contributed by atoms with van der Waals surface area (Å²) in [6.07, 6.45) is 0.852. The molecule has 108 valence electrons. The van der Waals surface area contributed by atoms with Crippen molar-refractivity contribution in [2.75, 3.05) is 24.6 Å². The van der Waals surface area contributed by atoms with E-state index in [1.807, 2.05) is 18.7 Å². The first-order valence-corrected chi connectivity index (χ1v) is 7.29. The standard InChI is InChI=1S/C13H17N3O3S/c1-3-4-15(5-6-17)11-7-10-13(20-9(2)14-10)8-12(11)16(18)19/h7-8,17H,3-6H2,1-2H3. The minimum Gasteiger partial charge on any atom is -0.395 e. The van der Waals surface area contributed by atoms with Crippen LogP contribution in [0.4, 0.5) is 11.4 Å². The van der Waals surface area contributed by atoms with Crippen molar-refractivity contribution >= 4 is 32.9 Å². The number of aliphatic hydroxyl groups excluding tert-OH is 1. The van der Waals surface area contributed by atoms with E-state index in [4.69, 9.17) is 5.11 Å². The van der Waals surface area contributed by atoms with Gasteiger partial charge in [-0.25, -0.2) is 4.98 Å². The van der Waals surface area contributed by atoms with Crippen LogP contribution < -0.4 is 4.90 Å². The molecule has 0 spiro atoms. The molecule has 0 saturated heterocycles. The van der Waals surface area contributed by atoms with Gasteiger partial charge in [0.25, 0.3) is 5.69 Å². The van der Waals surface area contributed by atoms with Crippen molar-refractivity contribution in [1.29, 1.82) is 0 Å². The van der Waals surface area contributed by atoms with Gasteiger partial charge in [-0.2, -0.15) is 0 Å². The Kier molecular flexibility index (Phi) is 4.51. The lowest BCUT2D eigenvalue weighted by molar-refractivity contribution is -0.384. The van der Waals surface area contributed by atoms with E-state index in [9.17, 15) is 10.1 Å². The van der Waals surface area contributed by atoms with Gasteiger partial charge in [-0.05, 0) is 19.4 Å². The number of anilines is 1. The van der Waals surface area contributed by atoms with E-state index < -0.39 is 0 Å². The molecule has 0 bridgehead atoms. The predicted octanol–water partition coefficient (Wildman–Crippen LogP) is 2.72. The molecule has 0 amide bonds. The topological polar surface area (TPSA) is 79.5 Å². The zero-order valence-electron chi connectivity index (χ0n) is 11.5. The minimum atomic E-state index is -0.371. The number of rotatable bonds is 6. The second-order valence-corrected chi connectivity index (χ2v) is 5.74. The van der Waals surface area contributed by atoms with Crippen LogP contribution in [0.3, 0.4) is 0 Å². The monoisotopic (exact) mass is 295 g/mol. The molecule has 1 aromatic carbocycles. The fourth-order valence-electron chi connectivity index (χ4n) is 2.21. The summed E-state index contributed by atoms with van der Waals surface area (Å²) in [6, 6.07) is 3.33. The van der Waals surface area contributed by atoms with Crippen molar-refractivity contribution in [2.45, 2.75) is 20.3 Å². The molecule has 2 rings (SSSR count). The third kappa shape index (κ3) is 2.88. The summed E-state index contributed by atoms with van der Waals surface area (Å²) in [4.78, 5) is 17.1. The molecule has 0 atom stereocenters. The highest BCUT2D eigenvalue weighted by Gasteiger charge is 2.21. The number of aromatic nitrogens is 1. The third-order valence-corrected chi connectivity index (χ3v) is 3.93. The molecule has 0 unspecified atom stereocenters.